The Morgan fingerprint density at radius 3 is 2.69 bits per heavy atom. The van der Waals surface area contributed by atoms with Crippen molar-refractivity contribution in [2.45, 2.75) is 31.4 Å². The van der Waals surface area contributed by atoms with Gasteiger partial charge in [-0.1, -0.05) is 0 Å². The van der Waals surface area contributed by atoms with Crippen molar-refractivity contribution < 1.29 is 5.11 Å². The SMILES string of the molecule is O[C@@H]1CCC[C@H]1Nc1ncccn1. The van der Waals surface area contributed by atoms with Crippen LogP contribution in [0.4, 0.5) is 5.95 Å². The third kappa shape index (κ3) is 1.95. The van der Waals surface area contributed by atoms with Gasteiger partial charge >= 0.3 is 0 Å². The number of nitrogens with zero attached hydrogens (tertiary/aromatic N) is 2. The van der Waals surface area contributed by atoms with Crippen molar-refractivity contribution in [3.05, 3.63) is 18.5 Å². The first kappa shape index (κ1) is 8.44. The van der Waals surface area contributed by atoms with E-state index in [2.05, 4.69) is 15.3 Å². The van der Waals surface area contributed by atoms with Gasteiger partial charge in [0.15, 0.2) is 0 Å². The summed E-state index contributed by atoms with van der Waals surface area (Å²) in [6.07, 6.45) is 6.09. The summed E-state index contributed by atoms with van der Waals surface area (Å²) in [6.45, 7) is 0. The van der Waals surface area contributed by atoms with E-state index in [0.29, 0.717) is 5.95 Å². The molecule has 0 amide bonds. The second-order valence-corrected chi connectivity index (χ2v) is 3.32. The smallest absolute Gasteiger partial charge is 0.222 e. The molecular formula is C9H13N3O. The van der Waals surface area contributed by atoms with Gasteiger partial charge in [0.1, 0.15) is 0 Å². The molecule has 1 aromatic heterocycles. The van der Waals surface area contributed by atoms with Crippen LogP contribution in [-0.4, -0.2) is 27.2 Å². The summed E-state index contributed by atoms with van der Waals surface area (Å²) in [4.78, 5) is 8.09. The second kappa shape index (κ2) is 3.70. The lowest BCUT2D eigenvalue weighted by Gasteiger charge is -2.15. The fourth-order valence-corrected chi connectivity index (χ4v) is 1.65. The van der Waals surface area contributed by atoms with E-state index in [1.54, 1.807) is 18.5 Å². The summed E-state index contributed by atoms with van der Waals surface area (Å²) < 4.78 is 0. The number of nitrogens with one attached hydrogen (secondary N) is 1. The molecule has 0 bridgehead atoms. The Balaban J connectivity index is 1.98. The first-order valence-electron chi connectivity index (χ1n) is 4.58. The van der Waals surface area contributed by atoms with Gasteiger partial charge in [0.2, 0.25) is 5.95 Å². The van der Waals surface area contributed by atoms with Gasteiger partial charge in [-0.2, -0.15) is 0 Å². The summed E-state index contributed by atoms with van der Waals surface area (Å²) in [6, 6.07) is 1.90. The lowest BCUT2D eigenvalue weighted by Crippen LogP contribution is -2.28. The number of anilines is 1. The summed E-state index contributed by atoms with van der Waals surface area (Å²) in [5.41, 5.74) is 0. The number of hydrogen-bond acceptors (Lipinski definition) is 4. The normalized spacial score (nSPS) is 27.5. The predicted molar refractivity (Wildman–Crippen MR) is 49.3 cm³/mol. The zero-order valence-corrected chi connectivity index (χ0v) is 7.35. The molecule has 13 heavy (non-hydrogen) atoms. The number of rotatable bonds is 2. The lowest BCUT2D eigenvalue weighted by molar-refractivity contribution is 0.171. The molecule has 1 aliphatic carbocycles. The van der Waals surface area contributed by atoms with Gasteiger partial charge in [0, 0.05) is 12.4 Å². The largest absolute Gasteiger partial charge is 0.391 e. The van der Waals surface area contributed by atoms with Crippen LogP contribution in [-0.2, 0) is 0 Å². The molecule has 2 N–H and O–H groups in total. The Morgan fingerprint density at radius 2 is 2.08 bits per heavy atom. The number of aliphatic hydroxyl groups is 1. The Hall–Kier alpha value is -1.16. The molecule has 70 valence electrons. The van der Waals surface area contributed by atoms with Gasteiger partial charge in [0.05, 0.1) is 12.1 Å². The van der Waals surface area contributed by atoms with E-state index in [1.165, 1.54) is 0 Å². The zero-order chi connectivity index (χ0) is 9.10. The summed E-state index contributed by atoms with van der Waals surface area (Å²) in [7, 11) is 0. The van der Waals surface area contributed by atoms with Crippen LogP contribution in [0.5, 0.6) is 0 Å². The highest BCUT2D eigenvalue weighted by Crippen LogP contribution is 2.21. The van der Waals surface area contributed by atoms with Crippen LogP contribution >= 0.6 is 0 Å². The average molecular weight is 179 g/mol. The molecule has 0 aromatic carbocycles. The molecule has 1 aromatic rings. The maximum absolute atomic E-state index is 9.53. The van der Waals surface area contributed by atoms with E-state index in [4.69, 9.17) is 0 Å². The third-order valence-electron chi connectivity index (χ3n) is 2.36. The van der Waals surface area contributed by atoms with Crippen molar-refractivity contribution in [3.63, 3.8) is 0 Å². The molecule has 1 heterocycles. The van der Waals surface area contributed by atoms with Crippen LogP contribution in [0.15, 0.2) is 18.5 Å². The minimum atomic E-state index is -0.246. The third-order valence-corrected chi connectivity index (χ3v) is 2.36. The van der Waals surface area contributed by atoms with Gasteiger partial charge in [-0.15, -0.1) is 0 Å². The van der Waals surface area contributed by atoms with Crippen molar-refractivity contribution in [1.29, 1.82) is 0 Å². The maximum Gasteiger partial charge on any atom is 0.222 e. The molecule has 1 saturated carbocycles. The van der Waals surface area contributed by atoms with Gasteiger partial charge in [-0.25, -0.2) is 9.97 Å². The fourth-order valence-electron chi connectivity index (χ4n) is 1.65. The van der Waals surface area contributed by atoms with Crippen molar-refractivity contribution in [2.75, 3.05) is 5.32 Å². The van der Waals surface area contributed by atoms with Crippen molar-refractivity contribution >= 4 is 5.95 Å². The van der Waals surface area contributed by atoms with Crippen molar-refractivity contribution in [1.82, 2.24) is 9.97 Å². The molecule has 4 nitrogen and oxygen atoms in total. The number of aromatic nitrogens is 2. The molecule has 2 atom stereocenters. The molecule has 1 fully saturated rings. The predicted octanol–water partition coefficient (Wildman–Crippen LogP) is 0.802. The van der Waals surface area contributed by atoms with Crippen LogP contribution in [0.2, 0.25) is 0 Å². The molecule has 0 spiro atoms. The van der Waals surface area contributed by atoms with Crippen LogP contribution in [0.1, 0.15) is 19.3 Å². The first-order valence-corrected chi connectivity index (χ1v) is 4.58. The molecule has 0 unspecified atom stereocenters. The van der Waals surface area contributed by atoms with Gasteiger partial charge in [-0.3, -0.25) is 0 Å². The number of hydrogen-bond donors (Lipinski definition) is 2. The average Bonchev–Trinajstić information content (AvgIpc) is 2.54. The molecule has 1 aliphatic rings. The van der Waals surface area contributed by atoms with E-state index in [9.17, 15) is 5.11 Å². The van der Waals surface area contributed by atoms with E-state index < -0.39 is 0 Å². The fraction of sp³-hybridized carbons (Fsp3) is 0.556. The first-order chi connectivity index (χ1) is 6.36. The highest BCUT2D eigenvalue weighted by molar-refractivity contribution is 5.25. The lowest BCUT2D eigenvalue weighted by atomic mass is 10.2. The Morgan fingerprint density at radius 1 is 1.31 bits per heavy atom. The zero-order valence-electron chi connectivity index (χ0n) is 7.35. The monoisotopic (exact) mass is 179 g/mol. The Kier molecular flexibility index (Phi) is 2.40. The quantitative estimate of drug-likeness (QED) is 0.705. The molecule has 4 heteroatoms. The van der Waals surface area contributed by atoms with Gasteiger partial charge in [0.25, 0.3) is 0 Å². The molecular weight excluding hydrogens is 166 g/mol. The minimum absolute atomic E-state index is 0.127. The molecule has 0 radical (unpaired) electrons. The van der Waals surface area contributed by atoms with Crippen molar-refractivity contribution in [2.24, 2.45) is 0 Å². The van der Waals surface area contributed by atoms with E-state index in [0.717, 1.165) is 19.3 Å². The molecule has 2 rings (SSSR count). The van der Waals surface area contributed by atoms with Crippen LogP contribution < -0.4 is 5.32 Å². The summed E-state index contributed by atoms with van der Waals surface area (Å²) >= 11 is 0. The second-order valence-electron chi connectivity index (χ2n) is 3.32. The Bertz CT molecular complexity index is 265. The minimum Gasteiger partial charge on any atom is -0.391 e. The maximum atomic E-state index is 9.53. The Labute approximate surface area is 77.0 Å². The summed E-state index contributed by atoms with van der Waals surface area (Å²) in [5.74, 6) is 0.605. The molecule has 0 aliphatic heterocycles. The van der Waals surface area contributed by atoms with E-state index >= 15 is 0 Å². The highest BCUT2D eigenvalue weighted by atomic mass is 16.3. The van der Waals surface area contributed by atoms with Gasteiger partial charge in [-0.05, 0) is 25.3 Å². The van der Waals surface area contributed by atoms with Crippen LogP contribution in [0, 0.1) is 0 Å². The van der Waals surface area contributed by atoms with Crippen LogP contribution in [0.25, 0.3) is 0 Å². The van der Waals surface area contributed by atoms with Crippen LogP contribution in [0.3, 0.4) is 0 Å². The standard InChI is InChI=1S/C9H13N3O/c13-8-4-1-3-7(8)12-9-10-5-2-6-11-9/h2,5-8,13H,1,3-4H2,(H,10,11,12)/t7-,8-/m1/s1. The summed E-state index contributed by atoms with van der Waals surface area (Å²) in [5, 5.41) is 12.7. The topological polar surface area (TPSA) is 58.0 Å². The van der Waals surface area contributed by atoms with E-state index in [-0.39, 0.29) is 12.1 Å². The highest BCUT2D eigenvalue weighted by Gasteiger charge is 2.25. The van der Waals surface area contributed by atoms with Gasteiger partial charge < -0.3 is 10.4 Å². The number of aliphatic hydroxyl groups excluding tert-OH is 1. The molecule has 0 saturated heterocycles. The van der Waals surface area contributed by atoms with Crippen molar-refractivity contribution in [3.8, 4) is 0 Å². The van der Waals surface area contributed by atoms with E-state index in [1.807, 2.05) is 0 Å².